The van der Waals surface area contributed by atoms with Crippen molar-refractivity contribution in [3.05, 3.63) is 102 Å². The van der Waals surface area contributed by atoms with E-state index in [9.17, 15) is 4.79 Å². The maximum atomic E-state index is 12.9. The van der Waals surface area contributed by atoms with Crippen LogP contribution < -0.4 is 5.43 Å². The van der Waals surface area contributed by atoms with E-state index in [1.54, 1.807) is 0 Å². The van der Waals surface area contributed by atoms with Gasteiger partial charge in [0, 0.05) is 0 Å². The number of hydrogen-bond donors (Lipinski definition) is 1. The van der Waals surface area contributed by atoms with E-state index in [1.807, 2.05) is 92.0 Å². The minimum absolute atomic E-state index is 0.0769. The fourth-order valence-electron chi connectivity index (χ4n) is 2.96. The molecule has 0 saturated carbocycles. The highest BCUT2D eigenvalue weighted by molar-refractivity contribution is 8.13. The molecule has 0 aliphatic carbocycles. The maximum Gasteiger partial charge on any atom is 0.279 e. The largest absolute Gasteiger partial charge is 0.289 e. The van der Waals surface area contributed by atoms with E-state index in [-0.39, 0.29) is 5.91 Å². The van der Waals surface area contributed by atoms with Gasteiger partial charge in [0.2, 0.25) is 0 Å². The van der Waals surface area contributed by atoms with Gasteiger partial charge in [0.15, 0.2) is 10.7 Å². The number of carbonyl (C=O) groups excluding carboxylic acids is 1. The summed E-state index contributed by atoms with van der Waals surface area (Å²) in [4.78, 5) is 17.6. The summed E-state index contributed by atoms with van der Waals surface area (Å²) in [5.74, 6) is -0.0769. The lowest BCUT2D eigenvalue weighted by Crippen LogP contribution is -2.42. The molecular weight excluding hydrogens is 378 g/mol. The number of anilines is 1. The van der Waals surface area contributed by atoms with Gasteiger partial charge in [-0.3, -0.25) is 10.2 Å². The Bertz CT molecular complexity index is 961. The summed E-state index contributed by atoms with van der Waals surface area (Å²) in [7, 11) is 0. The first kappa shape index (κ1) is 20.7. The quantitative estimate of drug-likeness (QED) is 0.629. The molecule has 1 N–H and O–H groups in total. The average molecular weight is 404 g/mol. The van der Waals surface area contributed by atoms with Gasteiger partial charge in [-0.15, -0.1) is 0 Å². The summed E-state index contributed by atoms with van der Waals surface area (Å²) < 4.78 is 0. The highest BCUT2D eigenvalue weighted by Gasteiger charge is 2.46. The molecule has 4 nitrogen and oxygen atoms in total. The van der Waals surface area contributed by atoms with Gasteiger partial charge in [-0.05, 0) is 37.8 Å². The molecule has 0 unspecified atom stereocenters. The third-order valence-corrected chi connectivity index (χ3v) is 5.24. The van der Waals surface area contributed by atoms with Gasteiger partial charge in [-0.2, -0.15) is 5.01 Å². The van der Waals surface area contributed by atoms with E-state index in [1.165, 1.54) is 22.3 Å². The Hall–Kier alpha value is -3.05. The van der Waals surface area contributed by atoms with Crippen LogP contribution in [0.3, 0.4) is 0 Å². The smallest absolute Gasteiger partial charge is 0.279 e. The zero-order valence-corrected chi connectivity index (χ0v) is 17.7. The first-order valence-corrected chi connectivity index (χ1v) is 10.6. The second kappa shape index (κ2) is 9.43. The zero-order valence-electron chi connectivity index (χ0n) is 16.9. The molecule has 29 heavy (non-hydrogen) atoms. The molecule has 3 aromatic carbocycles. The normalized spacial score (nSPS) is 18.0. The van der Waals surface area contributed by atoms with Crippen LogP contribution in [0.5, 0.6) is 0 Å². The molecule has 1 atom stereocenters. The Balaban J connectivity index is 0.000000290. The number of thioether (sulfide) groups is 1. The minimum Gasteiger partial charge on any atom is -0.289 e. The molecule has 3 aromatic rings. The summed E-state index contributed by atoms with van der Waals surface area (Å²) in [6.45, 7) is 3.94. The number of amides is 1. The van der Waals surface area contributed by atoms with Crippen molar-refractivity contribution in [2.75, 3.05) is 11.7 Å². The van der Waals surface area contributed by atoms with Gasteiger partial charge < -0.3 is 0 Å². The molecule has 1 aliphatic rings. The third kappa shape index (κ3) is 4.87. The topological polar surface area (TPSA) is 44.7 Å². The van der Waals surface area contributed by atoms with Crippen molar-refractivity contribution in [2.45, 2.75) is 19.4 Å². The highest BCUT2D eigenvalue weighted by Crippen LogP contribution is 2.35. The molecule has 0 spiro atoms. The SMILES string of the molecule is CSC1=N[C@@](C)(c2ccccc2)C(=O)N1Nc1ccccc1.Cc1ccccc1. The van der Waals surface area contributed by atoms with Crippen LogP contribution in [-0.2, 0) is 10.3 Å². The summed E-state index contributed by atoms with van der Waals surface area (Å²) >= 11 is 1.45. The van der Waals surface area contributed by atoms with E-state index >= 15 is 0 Å². The Kier molecular flexibility index (Phi) is 6.73. The first-order valence-electron chi connectivity index (χ1n) is 9.42. The van der Waals surface area contributed by atoms with Crippen molar-refractivity contribution in [3.63, 3.8) is 0 Å². The van der Waals surface area contributed by atoms with Crippen LogP contribution in [0.15, 0.2) is 96.0 Å². The number of nitrogens with one attached hydrogen (secondary N) is 1. The highest BCUT2D eigenvalue weighted by atomic mass is 32.2. The number of aliphatic imine (C=N–C) groups is 1. The number of para-hydroxylation sites is 1. The lowest BCUT2D eigenvalue weighted by atomic mass is 9.92. The van der Waals surface area contributed by atoms with Gasteiger partial charge in [0.1, 0.15) is 0 Å². The molecule has 0 fully saturated rings. The molecule has 4 rings (SSSR count). The number of carbonyl (C=O) groups is 1. The van der Waals surface area contributed by atoms with Crippen LogP contribution in [0.25, 0.3) is 0 Å². The minimum atomic E-state index is -0.888. The Morgan fingerprint density at radius 1 is 0.862 bits per heavy atom. The predicted molar refractivity (Wildman–Crippen MR) is 123 cm³/mol. The second-order valence-corrected chi connectivity index (χ2v) is 7.58. The lowest BCUT2D eigenvalue weighted by molar-refractivity contribution is -0.129. The van der Waals surface area contributed by atoms with E-state index in [0.29, 0.717) is 5.17 Å². The van der Waals surface area contributed by atoms with Crippen molar-refractivity contribution in [3.8, 4) is 0 Å². The number of hydrazine groups is 1. The number of aryl methyl sites for hydroxylation is 1. The van der Waals surface area contributed by atoms with Crippen LogP contribution in [0, 0.1) is 6.92 Å². The van der Waals surface area contributed by atoms with Crippen molar-refractivity contribution in [2.24, 2.45) is 4.99 Å². The van der Waals surface area contributed by atoms with Crippen LogP contribution in [0.2, 0.25) is 0 Å². The lowest BCUT2D eigenvalue weighted by Gasteiger charge is -2.23. The Morgan fingerprint density at radius 3 is 1.86 bits per heavy atom. The molecule has 0 bridgehead atoms. The van der Waals surface area contributed by atoms with E-state index in [4.69, 9.17) is 0 Å². The molecule has 5 heteroatoms. The molecule has 1 aliphatic heterocycles. The molecule has 0 radical (unpaired) electrons. The molecule has 1 heterocycles. The van der Waals surface area contributed by atoms with E-state index in [0.717, 1.165) is 11.3 Å². The Labute approximate surface area is 176 Å². The zero-order chi connectivity index (χ0) is 20.7. The van der Waals surface area contributed by atoms with Gasteiger partial charge >= 0.3 is 0 Å². The molecular formula is C24H25N3OS. The standard InChI is InChI=1S/C17H17N3OS.C7H8/c1-17(13-9-5-3-6-10-13)15(21)20(16(18-17)22-2)19-14-11-7-4-8-12-14;1-7-5-3-2-4-6-7/h3-12,19H,1-2H3;2-6H,1H3/t17-;/m0./s1. The first-order chi connectivity index (χ1) is 14.0. The summed E-state index contributed by atoms with van der Waals surface area (Å²) in [5, 5.41) is 2.20. The fourth-order valence-corrected chi connectivity index (χ4v) is 3.54. The van der Waals surface area contributed by atoms with Crippen LogP contribution in [-0.4, -0.2) is 22.3 Å². The van der Waals surface area contributed by atoms with Crippen molar-refractivity contribution in [1.29, 1.82) is 0 Å². The van der Waals surface area contributed by atoms with E-state index in [2.05, 4.69) is 29.5 Å². The van der Waals surface area contributed by atoms with Crippen LogP contribution in [0.1, 0.15) is 18.1 Å². The van der Waals surface area contributed by atoms with Crippen LogP contribution in [0.4, 0.5) is 5.69 Å². The summed E-state index contributed by atoms with van der Waals surface area (Å²) in [6.07, 6.45) is 1.92. The number of rotatable bonds is 3. The third-order valence-electron chi connectivity index (χ3n) is 4.60. The Morgan fingerprint density at radius 2 is 1.38 bits per heavy atom. The average Bonchev–Trinajstić information content (AvgIpc) is 3.02. The van der Waals surface area contributed by atoms with Crippen molar-refractivity contribution >= 4 is 28.5 Å². The molecule has 1 amide bonds. The molecule has 0 saturated heterocycles. The maximum absolute atomic E-state index is 12.9. The number of amidine groups is 1. The van der Waals surface area contributed by atoms with Gasteiger partial charge in [-0.25, -0.2) is 4.99 Å². The number of benzene rings is 3. The van der Waals surface area contributed by atoms with Crippen molar-refractivity contribution in [1.82, 2.24) is 5.01 Å². The number of nitrogens with zero attached hydrogens (tertiary/aromatic N) is 2. The second-order valence-electron chi connectivity index (χ2n) is 6.81. The fraction of sp³-hybridized carbons (Fsp3) is 0.167. The van der Waals surface area contributed by atoms with Gasteiger partial charge in [-0.1, -0.05) is 96.2 Å². The van der Waals surface area contributed by atoms with Gasteiger partial charge in [0.05, 0.1) is 5.69 Å². The molecule has 0 aromatic heterocycles. The summed E-state index contributed by atoms with van der Waals surface area (Å²) in [5.41, 5.74) is 5.33. The monoisotopic (exact) mass is 403 g/mol. The molecule has 148 valence electrons. The van der Waals surface area contributed by atoms with Gasteiger partial charge in [0.25, 0.3) is 5.91 Å². The van der Waals surface area contributed by atoms with Crippen molar-refractivity contribution < 1.29 is 4.79 Å². The van der Waals surface area contributed by atoms with Crippen LogP contribution >= 0.6 is 11.8 Å². The number of hydrogen-bond acceptors (Lipinski definition) is 4. The van der Waals surface area contributed by atoms with E-state index < -0.39 is 5.54 Å². The predicted octanol–water partition coefficient (Wildman–Crippen LogP) is 5.49. The summed E-state index contributed by atoms with van der Waals surface area (Å²) in [6, 6.07) is 29.6.